The minimum Gasteiger partial charge on any atom is -0.368 e. The Morgan fingerprint density at radius 3 is 2.47 bits per heavy atom. The van der Waals surface area contributed by atoms with Gasteiger partial charge in [-0.1, -0.05) is 24.3 Å². The lowest BCUT2D eigenvalue weighted by atomic mass is 10.1. The second-order valence-electron chi connectivity index (χ2n) is 9.01. The number of fused-ring (bicyclic) bond motifs is 1. The average Bonchev–Trinajstić information content (AvgIpc) is 3.57. The Bertz CT molecular complexity index is 1240. The minimum atomic E-state index is -4.40. The van der Waals surface area contributed by atoms with Crippen LogP contribution >= 0.6 is 0 Å². The van der Waals surface area contributed by atoms with Crippen LogP contribution in [0.2, 0.25) is 0 Å². The van der Waals surface area contributed by atoms with Gasteiger partial charge >= 0.3 is 6.18 Å². The van der Waals surface area contributed by atoms with E-state index < -0.39 is 17.8 Å². The monoisotopic (exact) mass is 497 g/mol. The molecule has 1 fully saturated rings. The van der Waals surface area contributed by atoms with Gasteiger partial charge in [0.15, 0.2) is 0 Å². The van der Waals surface area contributed by atoms with Crippen molar-refractivity contribution in [2.45, 2.75) is 25.1 Å². The number of benzene rings is 2. The summed E-state index contributed by atoms with van der Waals surface area (Å²) in [6.45, 7) is 2.12. The number of hydrogen-bond donors (Lipinski definition) is 0. The summed E-state index contributed by atoms with van der Waals surface area (Å²) >= 11 is 0. The number of nitrogens with zero attached hydrogens (tertiary/aromatic N) is 5. The normalized spacial score (nSPS) is 16.7. The number of carbonyl (C=O) groups excluding carboxylic acids is 2. The van der Waals surface area contributed by atoms with E-state index in [9.17, 15) is 22.8 Å². The van der Waals surface area contributed by atoms with E-state index in [1.807, 2.05) is 29.2 Å². The van der Waals surface area contributed by atoms with Crippen molar-refractivity contribution >= 4 is 23.2 Å². The van der Waals surface area contributed by atoms with E-state index >= 15 is 0 Å². The van der Waals surface area contributed by atoms with Crippen molar-refractivity contribution in [1.29, 1.82) is 0 Å². The standard InChI is InChI=1S/C26H26F3N5O2/c27-26(28,29)20-5-3-6-21(16-20)31-12-14-32(15-13-31)24(35)17-23(33-11-9-30-18-33)25(36)34-10-8-19-4-1-2-7-22(19)34/h1-7,9,11,16,18,23H,8,10,12-15,17H2/t23-/m0/s1. The lowest BCUT2D eigenvalue weighted by Crippen LogP contribution is -2.49. The largest absolute Gasteiger partial charge is 0.416 e. The van der Waals surface area contributed by atoms with Gasteiger partial charge in [0.1, 0.15) is 6.04 Å². The van der Waals surface area contributed by atoms with E-state index in [-0.39, 0.29) is 18.2 Å². The number of halogens is 3. The molecular formula is C26H26F3N5O2. The highest BCUT2D eigenvalue weighted by Gasteiger charge is 2.35. The highest BCUT2D eigenvalue weighted by atomic mass is 19.4. The summed E-state index contributed by atoms with van der Waals surface area (Å²) in [5.74, 6) is -0.327. The molecule has 0 unspecified atom stereocenters. The Kier molecular flexibility index (Phi) is 6.42. The van der Waals surface area contributed by atoms with Crippen LogP contribution in [0.15, 0.2) is 67.3 Å². The summed E-state index contributed by atoms with van der Waals surface area (Å²) in [5, 5.41) is 0. The molecule has 0 saturated carbocycles. The first-order valence-corrected chi connectivity index (χ1v) is 11.9. The second-order valence-corrected chi connectivity index (χ2v) is 9.01. The molecule has 188 valence electrons. The van der Waals surface area contributed by atoms with Crippen LogP contribution in [0.25, 0.3) is 0 Å². The fourth-order valence-electron chi connectivity index (χ4n) is 4.91. The molecule has 1 atom stereocenters. The van der Waals surface area contributed by atoms with Crippen molar-refractivity contribution in [1.82, 2.24) is 14.5 Å². The van der Waals surface area contributed by atoms with Crippen LogP contribution < -0.4 is 9.80 Å². The van der Waals surface area contributed by atoms with Gasteiger partial charge in [-0.05, 0) is 36.2 Å². The number of carbonyl (C=O) groups is 2. The highest BCUT2D eigenvalue weighted by molar-refractivity contribution is 6.00. The van der Waals surface area contributed by atoms with Gasteiger partial charge in [0.2, 0.25) is 5.91 Å². The zero-order valence-electron chi connectivity index (χ0n) is 19.6. The number of rotatable bonds is 5. The summed E-state index contributed by atoms with van der Waals surface area (Å²) < 4.78 is 40.9. The van der Waals surface area contributed by atoms with Crippen LogP contribution in [0.5, 0.6) is 0 Å². The lowest BCUT2D eigenvalue weighted by Gasteiger charge is -2.37. The van der Waals surface area contributed by atoms with Gasteiger partial charge in [0.25, 0.3) is 5.91 Å². The van der Waals surface area contributed by atoms with Gasteiger partial charge < -0.3 is 19.3 Å². The van der Waals surface area contributed by atoms with Crippen LogP contribution in [-0.4, -0.2) is 59.0 Å². The quantitative estimate of drug-likeness (QED) is 0.539. The smallest absolute Gasteiger partial charge is 0.368 e. The fourth-order valence-corrected chi connectivity index (χ4v) is 4.91. The van der Waals surface area contributed by atoms with Gasteiger partial charge in [-0.2, -0.15) is 13.2 Å². The third-order valence-electron chi connectivity index (χ3n) is 6.86. The Labute approximate surface area is 206 Å². The van der Waals surface area contributed by atoms with E-state index in [1.54, 1.807) is 39.2 Å². The Morgan fingerprint density at radius 2 is 1.75 bits per heavy atom. The maximum atomic E-state index is 13.6. The zero-order chi connectivity index (χ0) is 25.3. The van der Waals surface area contributed by atoms with E-state index in [0.29, 0.717) is 38.4 Å². The number of piperazine rings is 1. The molecule has 2 aliphatic rings. The third kappa shape index (κ3) is 4.80. The number of imidazole rings is 1. The van der Waals surface area contributed by atoms with Crippen molar-refractivity contribution in [3.63, 3.8) is 0 Å². The Balaban J connectivity index is 1.26. The van der Waals surface area contributed by atoms with Gasteiger partial charge in [0, 0.05) is 56.5 Å². The van der Waals surface area contributed by atoms with Crippen LogP contribution in [0, 0.1) is 0 Å². The maximum Gasteiger partial charge on any atom is 0.416 e. The SMILES string of the molecule is O=C(C[C@@H](C(=O)N1CCc2ccccc21)n1ccnc1)N1CCN(c2cccc(C(F)(F)F)c2)CC1. The number of alkyl halides is 3. The van der Waals surface area contributed by atoms with Crippen molar-refractivity contribution in [3.05, 3.63) is 78.4 Å². The topological polar surface area (TPSA) is 61.7 Å². The van der Waals surface area contributed by atoms with Crippen molar-refractivity contribution in [2.75, 3.05) is 42.5 Å². The van der Waals surface area contributed by atoms with Crippen molar-refractivity contribution in [3.8, 4) is 0 Å². The van der Waals surface area contributed by atoms with Gasteiger partial charge in [-0.15, -0.1) is 0 Å². The molecule has 0 aliphatic carbocycles. The molecule has 0 spiro atoms. The summed E-state index contributed by atoms with van der Waals surface area (Å²) in [5.41, 5.74) is 1.77. The molecule has 7 nitrogen and oxygen atoms in total. The molecule has 0 radical (unpaired) electrons. The number of hydrogen-bond acceptors (Lipinski definition) is 4. The first-order chi connectivity index (χ1) is 17.3. The van der Waals surface area contributed by atoms with Gasteiger partial charge in [0.05, 0.1) is 18.3 Å². The predicted octanol–water partition coefficient (Wildman–Crippen LogP) is 3.77. The van der Waals surface area contributed by atoms with Crippen LogP contribution in [0.3, 0.4) is 0 Å². The Morgan fingerprint density at radius 1 is 0.972 bits per heavy atom. The fraction of sp³-hybridized carbons (Fsp3) is 0.346. The molecule has 0 N–H and O–H groups in total. The van der Waals surface area contributed by atoms with E-state index in [2.05, 4.69) is 4.98 Å². The van der Waals surface area contributed by atoms with E-state index in [4.69, 9.17) is 0 Å². The third-order valence-corrected chi connectivity index (χ3v) is 6.86. The number of aromatic nitrogens is 2. The minimum absolute atomic E-state index is 0.0164. The summed E-state index contributed by atoms with van der Waals surface area (Å²) in [7, 11) is 0. The Hall–Kier alpha value is -3.82. The highest BCUT2D eigenvalue weighted by Crippen LogP contribution is 2.33. The molecule has 0 bridgehead atoms. The van der Waals surface area contributed by atoms with Crippen LogP contribution in [0.1, 0.15) is 23.6 Å². The molecule has 3 aromatic rings. The molecule has 5 rings (SSSR count). The van der Waals surface area contributed by atoms with Gasteiger partial charge in [-0.3, -0.25) is 9.59 Å². The summed E-state index contributed by atoms with van der Waals surface area (Å²) in [6, 6.07) is 12.3. The van der Waals surface area contributed by atoms with E-state index in [0.717, 1.165) is 29.8 Å². The molecule has 1 saturated heterocycles. The second kappa shape index (κ2) is 9.67. The average molecular weight is 498 g/mol. The predicted molar refractivity (Wildman–Crippen MR) is 129 cm³/mol. The molecular weight excluding hydrogens is 471 g/mol. The van der Waals surface area contributed by atoms with Crippen LogP contribution in [-0.2, 0) is 22.2 Å². The lowest BCUT2D eigenvalue weighted by molar-refractivity contribution is -0.137. The van der Waals surface area contributed by atoms with E-state index in [1.165, 1.54) is 6.07 Å². The zero-order valence-corrected chi connectivity index (χ0v) is 19.6. The molecule has 10 heteroatoms. The molecule has 2 amide bonds. The van der Waals surface area contributed by atoms with Gasteiger partial charge in [-0.25, -0.2) is 4.98 Å². The molecule has 2 aliphatic heterocycles. The summed E-state index contributed by atoms with van der Waals surface area (Å²) in [4.78, 5) is 36.2. The molecule has 3 heterocycles. The van der Waals surface area contributed by atoms with Crippen LogP contribution in [0.4, 0.5) is 24.5 Å². The number of anilines is 2. The summed E-state index contributed by atoms with van der Waals surface area (Å²) in [6.07, 6.45) is 1.16. The first-order valence-electron chi connectivity index (χ1n) is 11.9. The molecule has 2 aromatic carbocycles. The van der Waals surface area contributed by atoms with Crippen molar-refractivity contribution in [2.24, 2.45) is 0 Å². The number of para-hydroxylation sites is 1. The first kappa shape index (κ1) is 23.9. The molecule has 36 heavy (non-hydrogen) atoms. The maximum absolute atomic E-state index is 13.6. The molecule has 1 aromatic heterocycles. The van der Waals surface area contributed by atoms with Crippen molar-refractivity contribution < 1.29 is 22.8 Å². The number of amides is 2.